The van der Waals surface area contributed by atoms with Gasteiger partial charge in [-0.1, -0.05) is 35.4 Å². The van der Waals surface area contributed by atoms with Gasteiger partial charge in [0.1, 0.15) is 18.3 Å². The van der Waals surface area contributed by atoms with Gasteiger partial charge in [0.2, 0.25) is 0 Å². The van der Waals surface area contributed by atoms with Gasteiger partial charge in [0.05, 0.1) is 0 Å². The normalized spacial score (nSPS) is 14.0. The van der Waals surface area contributed by atoms with Gasteiger partial charge in [0, 0.05) is 24.5 Å². The number of benzene rings is 4. The molecule has 294 valence electrons. The zero-order valence-electron chi connectivity index (χ0n) is 34.0. The molecule has 9 heteroatoms. The Balaban J connectivity index is 0.000000189. The number of rotatable bonds is 9. The summed E-state index contributed by atoms with van der Waals surface area (Å²) in [4.78, 5) is 4.81. The molecule has 0 amide bonds. The van der Waals surface area contributed by atoms with Crippen molar-refractivity contribution >= 4 is 49.0 Å². The second-order valence-electron chi connectivity index (χ2n) is 14.7. The fourth-order valence-corrected chi connectivity index (χ4v) is 10.7. The third kappa shape index (κ3) is 12.3. The Hall–Kier alpha value is -2.40. The summed E-state index contributed by atoms with van der Waals surface area (Å²) in [6, 6.07) is 27.8. The van der Waals surface area contributed by atoms with Crippen LogP contribution in [0.1, 0.15) is 91.6 Å². The van der Waals surface area contributed by atoms with Crippen molar-refractivity contribution in [3.8, 4) is 0 Å². The van der Waals surface area contributed by atoms with Crippen molar-refractivity contribution < 1.29 is 27.1 Å². The molecule has 1 saturated heterocycles. The van der Waals surface area contributed by atoms with Crippen LogP contribution in [0.2, 0.25) is 0 Å². The molecule has 0 atom stereocenters. The summed E-state index contributed by atoms with van der Waals surface area (Å²) in [5, 5.41) is 0. The van der Waals surface area contributed by atoms with E-state index in [9.17, 15) is 0 Å². The van der Waals surface area contributed by atoms with Gasteiger partial charge in [-0.05, 0) is 105 Å². The molecule has 4 aromatic rings. The van der Waals surface area contributed by atoms with Gasteiger partial charge in [0.25, 0.3) is 0 Å². The number of anilines is 2. The first-order valence-electron chi connectivity index (χ1n) is 18.7. The zero-order chi connectivity index (χ0) is 39.7. The van der Waals surface area contributed by atoms with E-state index in [0.29, 0.717) is 0 Å². The minimum absolute atomic E-state index is 0.159. The summed E-state index contributed by atoms with van der Waals surface area (Å²) < 4.78 is 17.7. The molecule has 1 fully saturated rings. The Bertz CT molecular complexity index is 1790. The van der Waals surface area contributed by atoms with Crippen LogP contribution in [0.5, 0.6) is 0 Å². The summed E-state index contributed by atoms with van der Waals surface area (Å²) in [7, 11) is 10.8. The van der Waals surface area contributed by atoms with Gasteiger partial charge in [0.15, 0.2) is 0 Å². The SMILES string of the molecule is CC(C)O[PH+](OC(C)C)OC(C)C.Cc1cc(C)c(N2[CH-]N(c3c(C)cc(C)cc3C)CC2)c(C)c1.[Cl][Ru]([Cl])=[C]1C=C(c2ccccc2)c2ccccc21. The molecule has 0 aromatic heterocycles. The van der Waals surface area contributed by atoms with Crippen LogP contribution in [0.3, 0.4) is 0 Å². The quantitative estimate of drug-likeness (QED) is 0.0951. The molecule has 0 saturated carbocycles. The standard InChI is InChI=1S/C21H27N2.C15H10.C9H22O3P.2ClH.Ru/c1-14-9-16(3)20(17(4)10-14)22-7-8-23(13-22)21-18(5)11-15(2)12-19(21)6;1-2-6-12(7-3-1)15-11-10-13-8-4-5-9-14(13)15;1-7(2)10-13(11-8(3)4)12-9(5)6;;;/h9-13H,7-8H2,1-6H3;1-9,11H;7-9,13H,1-6H3;2*1H;/q-1;;+1;;;+2/p-2. The second-order valence-corrected chi connectivity index (χ2v) is 21.8. The average Bonchev–Trinajstić information content (AvgIpc) is 3.70. The molecule has 1 heterocycles. The van der Waals surface area contributed by atoms with Gasteiger partial charge < -0.3 is 9.80 Å². The molecule has 6 rings (SSSR count). The number of hydrogen-bond acceptors (Lipinski definition) is 5. The second kappa shape index (κ2) is 20.7. The van der Waals surface area contributed by atoms with Gasteiger partial charge in [-0.25, -0.2) is 0 Å². The summed E-state index contributed by atoms with van der Waals surface area (Å²) >= 11 is -1.88. The fourth-order valence-electron chi connectivity index (χ4n) is 6.92. The molecular weight excluding hydrogens is 819 g/mol. The molecule has 2 aliphatic rings. The Kier molecular flexibility index (Phi) is 17.0. The predicted molar refractivity (Wildman–Crippen MR) is 233 cm³/mol. The number of hydrogen-bond donors (Lipinski definition) is 0. The van der Waals surface area contributed by atoms with Gasteiger partial charge in [-0.15, -0.1) is 0 Å². The summed E-state index contributed by atoms with van der Waals surface area (Å²) in [6.45, 7) is 29.5. The molecule has 4 aromatic carbocycles. The van der Waals surface area contributed by atoms with Crippen molar-refractivity contribution in [2.75, 3.05) is 22.9 Å². The number of aryl methyl sites for hydroxylation is 6. The van der Waals surface area contributed by atoms with Crippen molar-refractivity contribution in [2.45, 2.75) is 101 Å². The van der Waals surface area contributed by atoms with Gasteiger partial charge >= 0.3 is 129 Å². The fraction of sp³-hybridized carbons (Fsp3) is 0.378. The molecule has 5 nitrogen and oxygen atoms in total. The first kappa shape index (κ1) is 44.3. The number of allylic oxidation sites excluding steroid dienone is 1. The number of nitrogens with zero attached hydrogens (tertiary/aromatic N) is 2. The van der Waals surface area contributed by atoms with Crippen LogP contribution in [0.15, 0.2) is 84.9 Å². The Morgan fingerprint density at radius 3 is 1.37 bits per heavy atom. The maximum absolute atomic E-state index is 6.19. The third-order valence-corrected chi connectivity index (χ3v) is 13.8. The van der Waals surface area contributed by atoms with Crippen molar-refractivity contribution in [2.24, 2.45) is 0 Å². The molecule has 0 unspecified atom stereocenters. The first-order chi connectivity index (χ1) is 25.5. The van der Waals surface area contributed by atoms with Crippen LogP contribution in [-0.2, 0) is 27.1 Å². The van der Waals surface area contributed by atoms with E-state index < -0.39 is 22.1 Å². The van der Waals surface area contributed by atoms with E-state index in [2.05, 4.69) is 119 Å². The van der Waals surface area contributed by atoms with Crippen molar-refractivity contribution in [3.63, 3.8) is 0 Å². The van der Waals surface area contributed by atoms with Crippen molar-refractivity contribution in [1.29, 1.82) is 0 Å². The van der Waals surface area contributed by atoms with Crippen LogP contribution in [-0.4, -0.2) is 35.5 Å². The maximum atomic E-state index is 6.19. The van der Waals surface area contributed by atoms with Crippen LogP contribution in [0.4, 0.5) is 11.4 Å². The van der Waals surface area contributed by atoms with Crippen LogP contribution in [0, 0.1) is 48.2 Å². The van der Waals surface area contributed by atoms with E-state index in [1.165, 1.54) is 67.0 Å². The monoisotopic (exact) mass is 878 g/mol. The van der Waals surface area contributed by atoms with Crippen molar-refractivity contribution in [1.82, 2.24) is 0 Å². The number of fused-ring (bicyclic) bond motifs is 1. The van der Waals surface area contributed by atoms with E-state index in [4.69, 9.17) is 33.0 Å². The van der Waals surface area contributed by atoms with Gasteiger partial charge in [-0.3, -0.25) is 0 Å². The summed E-state index contributed by atoms with van der Waals surface area (Å²) in [6.07, 6.45) is 2.63. The minimum atomic E-state index is -1.88. The average molecular weight is 879 g/mol. The molecule has 1 aliphatic heterocycles. The predicted octanol–water partition coefficient (Wildman–Crippen LogP) is 12.8. The molecule has 0 radical (unpaired) electrons. The van der Waals surface area contributed by atoms with Crippen LogP contribution >= 0.6 is 28.0 Å². The molecule has 0 spiro atoms. The Morgan fingerprint density at radius 1 is 0.593 bits per heavy atom. The number of halogens is 2. The molecule has 0 N–H and O–H groups in total. The van der Waals surface area contributed by atoms with E-state index >= 15 is 0 Å². The van der Waals surface area contributed by atoms with Crippen molar-refractivity contribution in [3.05, 3.63) is 142 Å². The zero-order valence-corrected chi connectivity index (χ0v) is 38.3. The Morgan fingerprint density at radius 2 is 0.981 bits per heavy atom. The summed E-state index contributed by atoms with van der Waals surface area (Å²) in [5.41, 5.74) is 15.7. The summed E-state index contributed by atoms with van der Waals surface area (Å²) in [5.74, 6) is 0. The first-order valence-corrected chi connectivity index (χ1v) is 25.3. The molecule has 1 aliphatic carbocycles. The van der Waals surface area contributed by atoms with Crippen LogP contribution in [0.25, 0.3) is 5.57 Å². The third-order valence-electron chi connectivity index (χ3n) is 8.67. The molecular formula is C45H59Cl2N2O3PRu. The van der Waals surface area contributed by atoms with Gasteiger partial charge in [-0.2, -0.15) is 20.2 Å². The van der Waals surface area contributed by atoms with E-state index in [0.717, 1.165) is 17.2 Å². The topological polar surface area (TPSA) is 34.2 Å². The molecule has 54 heavy (non-hydrogen) atoms. The van der Waals surface area contributed by atoms with E-state index in [-0.39, 0.29) is 18.3 Å². The van der Waals surface area contributed by atoms with E-state index in [1.54, 1.807) is 0 Å². The Labute approximate surface area is 340 Å². The van der Waals surface area contributed by atoms with Crippen LogP contribution < -0.4 is 9.80 Å². The molecule has 0 bridgehead atoms. The van der Waals surface area contributed by atoms with E-state index in [1.807, 2.05) is 65.8 Å².